The molecule has 1 atom stereocenters. The quantitative estimate of drug-likeness (QED) is 0.453. The topological polar surface area (TPSA) is 108 Å². The molecule has 0 radical (unpaired) electrons. The number of halogens is 3. The Morgan fingerprint density at radius 1 is 1.26 bits per heavy atom. The van der Waals surface area contributed by atoms with E-state index in [2.05, 4.69) is 15.0 Å². The van der Waals surface area contributed by atoms with Crippen molar-refractivity contribution in [3.8, 4) is 0 Å². The number of aromatic amines is 1. The monoisotopic (exact) mass is 474 g/mol. The number of hydrogen-bond donors (Lipinski definition) is 2. The molecule has 1 aromatic carbocycles. The Hall–Kier alpha value is -3.60. The van der Waals surface area contributed by atoms with Crippen molar-refractivity contribution in [3.63, 3.8) is 0 Å². The highest BCUT2D eigenvalue weighted by Crippen LogP contribution is 2.41. The molecular formula is C23H21F3N4O4. The van der Waals surface area contributed by atoms with E-state index in [4.69, 9.17) is 8.83 Å². The molecule has 0 saturated carbocycles. The first kappa shape index (κ1) is 22.2. The molecule has 0 saturated heterocycles. The minimum absolute atomic E-state index is 0.0130. The summed E-state index contributed by atoms with van der Waals surface area (Å²) in [4.78, 5) is 26.5. The average molecular weight is 474 g/mol. The van der Waals surface area contributed by atoms with Crippen LogP contribution in [0.1, 0.15) is 64.7 Å². The lowest BCUT2D eigenvalue weighted by molar-refractivity contribution is -0.136. The van der Waals surface area contributed by atoms with E-state index in [0.29, 0.717) is 12.1 Å². The molecule has 0 unspecified atom stereocenters. The first-order valence-corrected chi connectivity index (χ1v) is 10.6. The summed E-state index contributed by atoms with van der Waals surface area (Å²) >= 11 is 0. The molecule has 4 aromatic rings. The van der Waals surface area contributed by atoms with Crippen LogP contribution in [0.3, 0.4) is 0 Å². The molecule has 3 aromatic heterocycles. The van der Waals surface area contributed by atoms with Crippen LogP contribution in [0.5, 0.6) is 0 Å². The van der Waals surface area contributed by atoms with Gasteiger partial charge < -0.3 is 23.8 Å². The average Bonchev–Trinajstić information content (AvgIpc) is 3.48. The third-order valence-corrected chi connectivity index (χ3v) is 5.86. The third kappa shape index (κ3) is 3.56. The Bertz CT molecular complexity index is 1390. The molecule has 11 heteroatoms. The fraction of sp³-hybridized carbons (Fsp3) is 0.348. The van der Waals surface area contributed by atoms with Crippen molar-refractivity contribution < 1.29 is 31.9 Å². The highest BCUT2D eigenvalue weighted by molar-refractivity contribution is 5.93. The maximum atomic E-state index is 13.6. The van der Waals surface area contributed by atoms with E-state index in [0.717, 1.165) is 11.8 Å². The molecular weight excluding hydrogens is 453 g/mol. The SMILES string of the molecule is Cc1nc(C(C)(C)O)oc1C(=O)N1CCc2[nH]cnc2[C@H]1c1cc2c(C(F)(F)F)cccc2o1. The maximum absolute atomic E-state index is 13.6. The summed E-state index contributed by atoms with van der Waals surface area (Å²) in [6.45, 7) is 4.79. The van der Waals surface area contributed by atoms with Gasteiger partial charge in [-0.15, -0.1) is 0 Å². The second-order valence-electron chi connectivity index (χ2n) is 8.77. The van der Waals surface area contributed by atoms with Gasteiger partial charge in [0.15, 0.2) is 0 Å². The number of oxazole rings is 1. The van der Waals surface area contributed by atoms with Crippen molar-refractivity contribution >= 4 is 16.9 Å². The number of rotatable bonds is 3. The summed E-state index contributed by atoms with van der Waals surface area (Å²) in [5, 5.41) is 10.1. The molecule has 0 bridgehead atoms. The normalized spacial score (nSPS) is 16.8. The minimum Gasteiger partial charge on any atom is -0.458 e. The Labute approximate surface area is 191 Å². The van der Waals surface area contributed by atoms with Crippen molar-refractivity contribution in [2.45, 2.75) is 45.0 Å². The molecule has 1 amide bonds. The van der Waals surface area contributed by atoms with Gasteiger partial charge in [0.25, 0.3) is 5.91 Å². The van der Waals surface area contributed by atoms with Gasteiger partial charge in [-0.3, -0.25) is 4.79 Å². The van der Waals surface area contributed by atoms with Crippen molar-refractivity contribution in [2.75, 3.05) is 6.54 Å². The third-order valence-electron chi connectivity index (χ3n) is 5.86. The first-order chi connectivity index (χ1) is 15.9. The summed E-state index contributed by atoms with van der Waals surface area (Å²) in [6, 6.07) is 4.14. The summed E-state index contributed by atoms with van der Waals surface area (Å²) in [5.74, 6) is -0.460. The molecule has 2 N–H and O–H groups in total. The van der Waals surface area contributed by atoms with Crippen LogP contribution in [0.4, 0.5) is 13.2 Å². The van der Waals surface area contributed by atoms with Crippen molar-refractivity contribution in [2.24, 2.45) is 0 Å². The van der Waals surface area contributed by atoms with E-state index >= 15 is 0 Å². The summed E-state index contributed by atoms with van der Waals surface area (Å²) < 4.78 is 52.1. The van der Waals surface area contributed by atoms with Crippen LogP contribution in [0.15, 0.2) is 39.4 Å². The van der Waals surface area contributed by atoms with Crippen LogP contribution in [0, 0.1) is 6.92 Å². The summed E-state index contributed by atoms with van der Waals surface area (Å²) in [6.07, 6.45) is -2.64. The zero-order valence-electron chi connectivity index (χ0n) is 18.5. The molecule has 4 heterocycles. The molecule has 8 nitrogen and oxygen atoms in total. The zero-order chi connectivity index (χ0) is 24.4. The van der Waals surface area contributed by atoms with E-state index in [1.807, 2.05) is 0 Å². The van der Waals surface area contributed by atoms with E-state index in [1.54, 1.807) is 6.92 Å². The molecule has 1 aliphatic rings. The number of amides is 1. The Morgan fingerprint density at radius 2 is 2.03 bits per heavy atom. The minimum atomic E-state index is -4.56. The second kappa shape index (κ2) is 7.45. The van der Waals surface area contributed by atoms with Crippen LogP contribution < -0.4 is 0 Å². The lowest BCUT2D eigenvalue weighted by Gasteiger charge is -2.33. The van der Waals surface area contributed by atoms with Crippen LogP contribution >= 0.6 is 0 Å². The van der Waals surface area contributed by atoms with E-state index < -0.39 is 29.3 Å². The predicted octanol–water partition coefficient (Wildman–Crippen LogP) is 4.49. The van der Waals surface area contributed by atoms with Crippen molar-refractivity contribution in [1.29, 1.82) is 0 Å². The highest BCUT2D eigenvalue weighted by atomic mass is 19.4. The number of benzene rings is 1. The van der Waals surface area contributed by atoms with Crippen LogP contribution in [0.2, 0.25) is 0 Å². The second-order valence-corrected chi connectivity index (χ2v) is 8.77. The number of imidazole rings is 1. The van der Waals surface area contributed by atoms with Crippen molar-refractivity contribution in [3.05, 3.63) is 70.6 Å². The van der Waals surface area contributed by atoms with E-state index in [9.17, 15) is 23.1 Å². The van der Waals surface area contributed by atoms with Gasteiger partial charge in [0, 0.05) is 24.0 Å². The molecule has 5 rings (SSSR count). The number of nitrogens with one attached hydrogen (secondary N) is 1. The van der Waals surface area contributed by atoms with Gasteiger partial charge in [-0.25, -0.2) is 9.97 Å². The van der Waals surface area contributed by atoms with Crippen molar-refractivity contribution in [1.82, 2.24) is 19.9 Å². The lowest BCUT2D eigenvalue weighted by atomic mass is 9.99. The fourth-order valence-electron chi connectivity index (χ4n) is 4.23. The summed E-state index contributed by atoms with van der Waals surface area (Å²) in [5.41, 5.74) is -0.633. The van der Waals surface area contributed by atoms with Crippen LogP contribution in [0.25, 0.3) is 11.0 Å². The highest BCUT2D eigenvalue weighted by Gasteiger charge is 2.40. The van der Waals surface area contributed by atoms with E-state index in [1.165, 1.54) is 43.3 Å². The first-order valence-electron chi connectivity index (χ1n) is 10.6. The summed E-state index contributed by atoms with van der Waals surface area (Å²) in [7, 11) is 0. The number of carbonyl (C=O) groups is 1. The number of aliphatic hydroxyl groups is 1. The molecule has 0 spiro atoms. The number of hydrogen-bond acceptors (Lipinski definition) is 6. The number of aromatic nitrogens is 3. The number of nitrogens with zero attached hydrogens (tertiary/aromatic N) is 3. The van der Waals surface area contributed by atoms with Gasteiger partial charge in [0.2, 0.25) is 11.7 Å². The van der Waals surface area contributed by atoms with Crippen LogP contribution in [-0.2, 0) is 18.2 Å². The number of fused-ring (bicyclic) bond motifs is 2. The number of carbonyl (C=O) groups excluding carboxylic acids is 1. The Morgan fingerprint density at radius 3 is 2.71 bits per heavy atom. The Kier molecular flexibility index (Phi) is 4.87. The molecule has 178 valence electrons. The van der Waals surface area contributed by atoms with E-state index in [-0.39, 0.29) is 40.6 Å². The predicted molar refractivity (Wildman–Crippen MR) is 113 cm³/mol. The van der Waals surface area contributed by atoms with Crippen LogP contribution in [-0.4, -0.2) is 37.4 Å². The van der Waals surface area contributed by atoms with Gasteiger partial charge >= 0.3 is 6.18 Å². The largest absolute Gasteiger partial charge is 0.458 e. The van der Waals surface area contributed by atoms with Gasteiger partial charge in [-0.2, -0.15) is 13.2 Å². The molecule has 1 aliphatic heterocycles. The lowest BCUT2D eigenvalue weighted by Crippen LogP contribution is -2.40. The molecule has 0 aliphatic carbocycles. The number of furan rings is 1. The molecule has 0 fully saturated rings. The number of aryl methyl sites for hydroxylation is 1. The molecule has 34 heavy (non-hydrogen) atoms. The number of alkyl halides is 3. The number of H-pyrrole nitrogens is 1. The van der Waals surface area contributed by atoms with Gasteiger partial charge in [0.1, 0.15) is 23.0 Å². The zero-order valence-corrected chi connectivity index (χ0v) is 18.5. The maximum Gasteiger partial charge on any atom is 0.417 e. The Balaban J connectivity index is 1.63. The van der Waals surface area contributed by atoms with Gasteiger partial charge in [-0.05, 0) is 39.0 Å². The van der Waals surface area contributed by atoms with Gasteiger partial charge in [-0.1, -0.05) is 6.07 Å². The van der Waals surface area contributed by atoms with Gasteiger partial charge in [0.05, 0.1) is 23.3 Å². The standard InChI is InChI=1S/C23H21F3N4O4/c1-11-19(34-21(29-11)22(2,3)32)20(31)30-8-7-14-17(28-10-27-14)18(30)16-9-12-13(23(24,25)26)5-4-6-15(12)33-16/h4-6,9-10,18,32H,7-8H2,1-3H3,(H,27,28)/t18-/m1/s1. The fourth-order valence-corrected chi connectivity index (χ4v) is 4.23. The smallest absolute Gasteiger partial charge is 0.417 e.